The Morgan fingerprint density at radius 1 is 0.828 bits per heavy atom. The number of carbonyl (C=O) groups excluding carboxylic acids is 1. The first-order valence-electron chi connectivity index (χ1n) is 9.09. The van der Waals surface area contributed by atoms with Crippen molar-refractivity contribution >= 4 is 28.9 Å². The van der Waals surface area contributed by atoms with Crippen LogP contribution in [0, 0.1) is 5.92 Å². The van der Waals surface area contributed by atoms with E-state index in [1.807, 2.05) is 36.4 Å². The maximum atomic E-state index is 13.8. The summed E-state index contributed by atoms with van der Waals surface area (Å²) in [6.45, 7) is 0. The van der Waals surface area contributed by atoms with E-state index >= 15 is 0 Å². The van der Waals surface area contributed by atoms with E-state index in [9.17, 15) is 18.0 Å². The highest BCUT2D eigenvalue weighted by atomic mass is 32.2. The molecule has 0 bridgehead atoms. The number of nitrogens with zero attached hydrogens (tertiary/aromatic N) is 1. The number of thioether (sulfide) groups is 1. The lowest BCUT2D eigenvalue weighted by molar-refractivity contribution is -0.138. The molecule has 2 unspecified atom stereocenters. The highest BCUT2D eigenvalue weighted by Gasteiger charge is 2.46. The van der Waals surface area contributed by atoms with Crippen LogP contribution in [0.2, 0.25) is 0 Å². The van der Waals surface area contributed by atoms with Crippen molar-refractivity contribution in [2.75, 3.05) is 0 Å². The molecule has 0 saturated heterocycles. The van der Waals surface area contributed by atoms with Crippen LogP contribution in [-0.2, 0) is 6.18 Å². The molecule has 1 aliphatic carbocycles. The van der Waals surface area contributed by atoms with E-state index in [4.69, 9.17) is 4.99 Å². The molecule has 0 radical (unpaired) electrons. The first-order chi connectivity index (χ1) is 13.9. The lowest BCUT2D eigenvalue weighted by Gasteiger charge is -2.24. The number of para-hydroxylation sites is 1. The van der Waals surface area contributed by atoms with Gasteiger partial charge in [0.1, 0.15) is 0 Å². The lowest BCUT2D eigenvalue weighted by atomic mass is 9.90. The molecule has 1 heterocycles. The molecule has 0 amide bonds. The number of hydrogen-bond acceptors (Lipinski definition) is 3. The van der Waals surface area contributed by atoms with Crippen molar-refractivity contribution in [3.05, 3.63) is 95.1 Å². The summed E-state index contributed by atoms with van der Waals surface area (Å²) < 4.78 is 41.3. The predicted molar refractivity (Wildman–Crippen MR) is 107 cm³/mol. The van der Waals surface area contributed by atoms with Gasteiger partial charge < -0.3 is 0 Å². The Bertz CT molecular complexity index is 1170. The van der Waals surface area contributed by atoms with Gasteiger partial charge in [0.2, 0.25) is 0 Å². The Labute approximate surface area is 169 Å². The number of hydrogen-bond donors (Lipinski definition) is 0. The van der Waals surface area contributed by atoms with Crippen LogP contribution in [0.3, 0.4) is 0 Å². The predicted octanol–water partition coefficient (Wildman–Crippen LogP) is 6.49. The van der Waals surface area contributed by atoms with Crippen LogP contribution < -0.4 is 0 Å². The molecule has 3 aromatic carbocycles. The van der Waals surface area contributed by atoms with Crippen molar-refractivity contribution in [2.45, 2.75) is 16.3 Å². The molecule has 6 heteroatoms. The lowest BCUT2D eigenvalue weighted by Crippen LogP contribution is -2.24. The van der Waals surface area contributed by atoms with Crippen molar-refractivity contribution < 1.29 is 18.0 Å². The maximum absolute atomic E-state index is 13.8. The van der Waals surface area contributed by atoms with Crippen molar-refractivity contribution in [3.63, 3.8) is 0 Å². The average molecular weight is 409 g/mol. The highest BCUT2D eigenvalue weighted by Crippen LogP contribution is 2.53. The number of fused-ring (bicyclic) bond motifs is 4. The minimum atomic E-state index is -4.51. The number of Topliss-reactive ketones (excluding diaryl/α,β-unsaturated/α-hetero) is 1. The van der Waals surface area contributed by atoms with Crippen LogP contribution in [0.4, 0.5) is 18.9 Å². The second kappa shape index (κ2) is 6.59. The summed E-state index contributed by atoms with van der Waals surface area (Å²) in [5.41, 5.74) is 1.85. The highest BCUT2D eigenvalue weighted by molar-refractivity contribution is 7.99. The molecule has 3 aromatic rings. The fraction of sp³-hybridized carbons (Fsp3) is 0.130. The Kier molecular flexibility index (Phi) is 4.13. The topological polar surface area (TPSA) is 29.4 Å². The minimum Gasteiger partial charge on any atom is -0.293 e. The molecule has 0 saturated carbocycles. The fourth-order valence-electron chi connectivity index (χ4n) is 4.02. The third-order valence-corrected chi connectivity index (χ3v) is 6.66. The zero-order valence-corrected chi connectivity index (χ0v) is 15.8. The quantitative estimate of drug-likeness (QED) is 0.460. The third kappa shape index (κ3) is 2.90. The van der Waals surface area contributed by atoms with Gasteiger partial charge in [-0.15, -0.1) is 11.8 Å². The van der Waals surface area contributed by atoms with Crippen LogP contribution in [0.15, 0.2) is 82.7 Å². The van der Waals surface area contributed by atoms with Crippen LogP contribution in [0.1, 0.15) is 32.3 Å². The smallest absolute Gasteiger partial charge is 0.293 e. The summed E-state index contributed by atoms with van der Waals surface area (Å²) in [5, 5.41) is -0.727. The second-order valence-electron chi connectivity index (χ2n) is 6.98. The van der Waals surface area contributed by atoms with Crippen molar-refractivity contribution in [1.82, 2.24) is 0 Å². The van der Waals surface area contributed by atoms with Gasteiger partial charge in [-0.1, -0.05) is 54.6 Å². The average Bonchev–Trinajstić information content (AvgIpc) is 2.88. The molecule has 0 fully saturated rings. The molecule has 0 aromatic heterocycles. The summed E-state index contributed by atoms with van der Waals surface area (Å²) >= 11 is 1.28. The zero-order valence-electron chi connectivity index (χ0n) is 15.0. The van der Waals surface area contributed by atoms with Crippen molar-refractivity contribution in [1.29, 1.82) is 0 Å². The number of rotatable bonds is 1. The summed E-state index contributed by atoms with van der Waals surface area (Å²) in [6, 6.07) is 20.0. The number of benzene rings is 3. The van der Waals surface area contributed by atoms with Gasteiger partial charge in [-0.25, -0.2) is 0 Å². The van der Waals surface area contributed by atoms with Crippen molar-refractivity contribution in [3.8, 4) is 0 Å². The van der Waals surface area contributed by atoms with Gasteiger partial charge in [-0.2, -0.15) is 13.2 Å². The summed E-state index contributed by atoms with van der Waals surface area (Å²) in [6.07, 6.45) is -4.51. The fourth-order valence-corrected chi connectivity index (χ4v) is 5.41. The van der Waals surface area contributed by atoms with Crippen LogP contribution >= 0.6 is 11.8 Å². The zero-order chi connectivity index (χ0) is 20.2. The molecule has 2 nitrogen and oxygen atoms in total. The van der Waals surface area contributed by atoms with Gasteiger partial charge in [-0.05, 0) is 23.8 Å². The summed E-state index contributed by atoms with van der Waals surface area (Å²) in [4.78, 5) is 18.8. The molecule has 29 heavy (non-hydrogen) atoms. The maximum Gasteiger partial charge on any atom is 0.416 e. The normalized spacial score (nSPS) is 20.4. The Hall–Kier alpha value is -2.86. The number of alkyl halides is 3. The molecular weight excluding hydrogens is 395 g/mol. The number of carbonyl (C=O) groups is 1. The molecule has 2 atom stereocenters. The van der Waals surface area contributed by atoms with E-state index in [2.05, 4.69) is 0 Å². The molecule has 0 N–H and O–H groups in total. The van der Waals surface area contributed by atoms with Gasteiger partial charge in [0.05, 0.1) is 28.1 Å². The van der Waals surface area contributed by atoms with Gasteiger partial charge >= 0.3 is 6.18 Å². The van der Waals surface area contributed by atoms with Gasteiger partial charge in [0.15, 0.2) is 5.78 Å². The standard InChI is InChI=1S/C23H14F3NOS/c24-23(25,26)16-10-4-3-9-15(16)22-19-20(13-7-1-2-8-14(13)21(19)28)27-17-11-5-6-12-18(17)29-22/h1-12,19,22H. The van der Waals surface area contributed by atoms with Crippen molar-refractivity contribution in [2.24, 2.45) is 10.9 Å². The van der Waals surface area contributed by atoms with E-state index in [0.29, 0.717) is 22.5 Å². The van der Waals surface area contributed by atoms with Gasteiger partial charge in [0, 0.05) is 16.0 Å². The van der Waals surface area contributed by atoms with E-state index in [0.717, 1.165) is 11.0 Å². The molecular formula is C23H14F3NOS. The summed E-state index contributed by atoms with van der Waals surface area (Å²) in [7, 11) is 0. The largest absolute Gasteiger partial charge is 0.416 e. The SMILES string of the molecule is O=C1c2ccccc2C2=Nc3ccccc3SC(c3ccccc3C(F)(F)F)C12. The monoisotopic (exact) mass is 409 g/mol. The first-order valence-corrected chi connectivity index (χ1v) is 9.97. The van der Waals surface area contributed by atoms with Crippen LogP contribution in [0.5, 0.6) is 0 Å². The Morgan fingerprint density at radius 3 is 2.28 bits per heavy atom. The van der Waals surface area contributed by atoms with E-state index in [1.165, 1.54) is 23.9 Å². The second-order valence-corrected chi connectivity index (χ2v) is 8.16. The molecule has 2 aliphatic rings. The minimum absolute atomic E-state index is 0.112. The number of ketones is 1. The third-order valence-electron chi connectivity index (χ3n) is 5.28. The molecule has 144 valence electrons. The van der Waals surface area contributed by atoms with Gasteiger partial charge in [-0.3, -0.25) is 9.79 Å². The van der Waals surface area contributed by atoms with Crippen LogP contribution in [-0.4, -0.2) is 11.5 Å². The Morgan fingerprint density at radius 2 is 1.48 bits per heavy atom. The molecule has 0 spiro atoms. The van der Waals surface area contributed by atoms with E-state index < -0.39 is 22.9 Å². The van der Waals surface area contributed by atoms with Crippen LogP contribution in [0.25, 0.3) is 0 Å². The molecule has 1 aliphatic heterocycles. The molecule has 5 rings (SSSR count). The summed E-state index contributed by atoms with van der Waals surface area (Å²) in [5.74, 6) is -0.949. The number of halogens is 3. The van der Waals surface area contributed by atoms with Gasteiger partial charge in [0.25, 0.3) is 0 Å². The first kappa shape index (κ1) is 18.2. The number of aliphatic imine (C=N–C) groups is 1. The van der Waals surface area contributed by atoms with E-state index in [1.54, 1.807) is 18.2 Å². The Balaban J connectivity index is 1.77. The van der Waals surface area contributed by atoms with E-state index in [-0.39, 0.29) is 11.3 Å².